The zero-order valence-electron chi connectivity index (χ0n) is 14.7. The van der Waals surface area contributed by atoms with Gasteiger partial charge in [0.05, 0.1) is 6.61 Å². The zero-order valence-corrected chi connectivity index (χ0v) is 14.7. The Labute approximate surface area is 143 Å². The van der Waals surface area contributed by atoms with Crippen LogP contribution >= 0.6 is 0 Å². The third kappa shape index (κ3) is 4.63. The third-order valence-electron chi connectivity index (χ3n) is 4.71. The highest BCUT2D eigenvalue weighted by Crippen LogP contribution is 2.50. The average molecular weight is 338 g/mol. The molecule has 7 nitrogen and oxygen atoms in total. The first-order valence-corrected chi connectivity index (χ1v) is 8.95. The summed E-state index contributed by atoms with van der Waals surface area (Å²) in [5, 5.41) is 4.17. The Morgan fingerprint density at radius 1 is 1.25 bits per heavy atom. The van der Waals surface area contributed by atoms with Crippen molar-refractivity contribution in [1.29, 1.82) is 0 Å². The fraction of sp³-hybridized carbons (Fsp3) is 0.765. The molecule has 7 heteroatoms. The van der Waals surface area contributed by atoms with Crippen LogP contribution in [0.5, 0.6) is 0 Å². The molecule has 0 aromatic rings. The van der Waals surface area contributed by atoms with Crippen LogP contribution in [-0.4, -0.2) is 36.1 Å². The van der Waals surface area contributed by atoms with Gasteiger partial charge >= 0.3 is 5.97 Å². The number of hydrazine groups is 1. The van der Waals surface area contributed by atoms with Gasteiger partial charge in [-0.25, -0.2) is 10.6 Å². The lowest BCUT2D eigenvalue weighted by atomic mass is 9.89. The minimum atomic E-state index is -0.623. The molecule has 1 amide bonds. The molecule has 0 aliphatic heterocycles. The number of hydrogen-bond donors (Lipinski definition) is 3. The Kier molecular flexibility index (Phi) is 6.48. The highest BCUT2D eigenvalue weighted by Gasteiger charge is 2.49. The van der Waals surface area contributed by atoms with Crippen molar-refractivity contribution < 1.29 is 14.3 Å². The van der Waals surface area contributed by atoms with Crippen molar-refractivity contribution in [1.82, 2.24) is 10.3 Å². The first-order chi connectivity index (χ1) is 11.5. The SMILES string of the molecule is CCCN(N)/C(=C\N)C(=O)N[C@H](C(=O)OCC)C(C1CC1)C1CC1. The fourth-order valence-electron chi connectivity index (χ4n) is 3.31. The molecule has 2 rings (SSSR count). The molecule has 2 aliphatic carbocycles. The maximum Gasteiger partial charge on any atom is 0.328 e. The van der Waals surface area contributed by atoms with Crippen LogP contribution in [0.15, 0.2) is 11.9 Å². The molecule has 0 heterocycles. The zero-order chi connectivity index (χ0) is 17.7. The highest BCUT2D eigenvalue weighted by molar-refractivity contribution is 5.95. The first kappa shape index (κ1) is 18.6. The molecule has 2 aliphatic rings. The van der Waals surface area contributed by atoms with Gasteiger partial charge in [-0.1, -0.05) is 6.92 Å². The topological polar surface area (TPSA) is 111 Å². The molecule has 0 aromatic carbocycles. The number of hydrogen-bond acceptors (Lipinski definition) is 6. The van der Waals surface area contributed by atoms with Crippen LogP contribution < -0.4 is 16.9 Å². The second-order valence-corrected chi connectivity index (χ2v) is 6.70. The average Bonchev–Trinajstić information content (AvgIpc) is 3.42. The number of nitrogens with one attached hydrogen (secondary N) is 1. The van der Waals surface area contributed by atoms with Crippen LogP contribution in [0.4, 0.5) is 0 Å². The Balaban J connectivity index is 2.11. The maximum atomic E-state index is 12.6. The van der Waals surface area contributed by atoms with E-state index in [1.807, 2.05) is 6.92 Å². The molecule has 2 fully saturated rings. The quantitative estimate of drug-likeness (QED) is 0.236. The van der Waals surface area contributed by atoms with Gasteiger partial charge in [0.25, 0.3) is 5.91 Å². The monoisotopic (exact) mass is 338 g/mol. The first-order valence-electron chi connectivity index (χ1n) is 8.95. The standard InChI is InChI=1S/C17H30N4O3/c1-3-9-21(19)13(10-18)16(22)20-15(17(23)24-4-2)14(11-5-6-11)12-7-8-12/h10-12,14-15H,3-9,18-19H2,1-2H3,(H,20,22)/b13-10-/t15-/m0/s1. The second-order valence-electron chi connectivity index (χ2n) is 6.70. The van der Waals surface area contributed by atoms with E-state index >= 15 is 0 Å². The lowest BCUT2D eigenvalue weighted by molar-refractivity contribution is -0.149. The van der Waals surface area contributed by atoms with E-state index in [1.54, 1.807) is 6.92 Å². The molecule has 0 radical (unpaired) electrons. The van der Waals surface area contributed by atoms with E-state index in [0.717, 1.165) is 32.1 Å². The molecule has 1 atom stereocenters. The predicted octanol–water partition coefficient (Wildman–Crippen LogP) is 0.856. The van der Waals surface area contributed by atoms with Crippen molar-refractivity contribution in [3.63, 3.8) is 0 Å². The molecule has 136 valence electrons. The number of esters is 1. The Morgan fingerprint density at radius 2 is 1.83 bits per heavy atom. The van der Waals surface area contributed by atoms with Crippen LogP contribution in [0.1, 0.15) is 46.0 Å². The van der Waals surface area contributed by atoms with E-state index in [9.17, 15) is 9.59 Å². The molecule has 5 N–H and O–H groups in total. The summed E-state index contributed by atoms with van der Waals surface area (Å²) in [4.78, 5) is 25.1. The molecule has 2 saturated carbocycles. The van der Waals surface area contributed by atoms with Crippen molar-refractivity contribution >= 4 is 11.9 Å². The van der Waals surface area contributed by atoms with E-state index in [4.69, 9.17) is 16.3 Å². The summed E-state index contributed by atoms with van der Waals surface area (Å²) < 4.78 is 5.21. The van der Waals surface area contributed by atoms with Gasteiger partial charge in [0.1, 0.15) is 11.7 Å². The largest absolute Gasteiger partial charge is 0.464 e. The van der Waals surface area contributed by atoms with Crippen molar-refractivity contribution in [2.24, 2.45) is 29.3 Å². The van der Waals surface area contributed by atoms with Gasteiger partial charge in [0.15, 0.2) is 0 Å². The molecule has 0 saturated heterocycles. The van der Waals surface area contributed by atoms with Gasteiger partial charge < -0.3 is 20.8 Å². The summed E-state index contributed by atoms with van der Waals surface area (Å²) in [6, 6.07) is -0.623. The van der Waals surface area contributed by atoms with Crippen molar-refractivity contribution in [3.05, 3.63) is 11.9 Å². The van der Waals surface area contributed by atoms with Crippen molar-refractivity contribution in [3.8, 4) is 0 Å². The Hall–Kier alpha value is -1.76. The third-order valence-corrected chi connectivity index (χ3v) is 4.71. The van der Waals surface area contributed by atoms with Crippen molar-refractivity contribution in [2.45, 2.75) is 52.0 Å². The minimum Gasteiger partial charge on any atom is -0.464 e. The summed E-state index contributed by atoms with van der Waals surface area (Å²) in [5.41, 5.74) is 5.75. The lowest BCUT2D eigenvalue weighted by Gasteiger charge is -2.28. The number of carbonyl (C=O) groups is 2. The minimum absolute atomic E-state index is 0.157. The van der Waals surface area contributed by atoms with Crippen LogP contribution in [0, 0.1) is 17.8 Å². The molecule has 0 unspecified atom stereocenters. The highest BCUT2D eigenvalue weighted by atomic mass is 16.5. The van der Waals surface area contributed by atoms with Gasteiger partial charge in [-0.15, -0.1) is 0 Å². The van der Waals surface area contributed by atoms with E-state index in [-0.39, 0.29) is 17.6 Å². The van der Waals surface area contributed by atoms with Gasteiger partial charge in [-0.2, -0.15) is 0 Å². The van der Waals surface area contributed by atoms with Gasteiger partial charge in [-0.05, 0) is 56.8 Å². The number of rotatable bonds is 10. The molecular weight excluding hydrogens is 308 g/mol. The van der Waals surface area contributed by atoms with Crippen LogP contribution in [-0.2, 0) is 14.3 Å². The normalized spacial score (nSPS) is 19.1. The van der Waals surface area contributed by atoms with Gasteiger partial charge in [-0.3, -0.25) is 4.79 Å². The molecule has 24 heavy (non-hydrogen) atoms. The number of amides is 1. The smallest absolute Gasteiger partial charge is 0.328 e. The summed E-state index contributed by atoms with van der Waals surface area (Å²) in [6.07, 6.45) is 6.44. The predicted molar refractivity (Wildman–Crippen MR) is 91.0 cm³/mol. The maximum absolute atomic E-state index is 12.6. The summed E-state index contributed by atoms with van der Waals surface area (Å²) >= 11 is 0. The molecule has 0 aromatic heterocycles. The second kappa shape index (κ2) is 8.37. The number of nitrogens with zero attached hydrogens (tertiary/aromatic N) is 1. The van der Waals surface area contributed by atoms with Crippen LogP contribution in [0.25, 0.3) is 0 Å². The summed E-state index contributed by atoms with van der Waals surface area (Å²) in [5.74, 6) is 6.26. The Morgan fingerprint density at radius 3 is 2.25 bits per heavy atom. The van der Waals surface area contributed by atoms with E-state index in [0.29, 0.717) is 25.0 Å². The van der Waals surface area contributed by atoms with Crippen molar-refractivity contribution in [2.75, 3.05) is 13.2 Å². The fourth-order valence-corrected chi connectivity index (χ4v) is 3.31. The van der Waals surface area contributed by atoms with Crippen LogP contribution in [0.2, 0.25) is 0 Å². The van der Waals surface area contributed by atoms with Gasteiger partial charge in [0, 0.05) is 12.7 Å². The number of ether oxygens (including phenoxy) is 1. The number of carbonyl (C=O) groups excluding carboxylic acids is 2. The Bertz CT molecular complexity index is 474. The van der Waals surface area contributed by atoms with E-state index in [2.05, 4.69) is 5.32 Å². The molecular formula is C17H30N4O3. The summed E-state index contributed by atoms with van der Waals surface area (Å²) in [6.45, 7) is 4.54. The van der Waals surface area contributed by atoms with Gasteiger partial charge in [0.2, 0.25) is 0 Å². The van der Waals surface area contributed by atoms with E-state index < -0.39 is 11.9 Å². The van der Waals surface area contributed by atoms with E-state index in [1.165, 1.54) is 11.2 Å². The number of nitrogens with two attached hydrogens (primary N) is 2. The lowest BCUT2D eigenvalue weighted by Crippen LogP contribution is -2.51. The van der Waals surface area contributed by atoms with Crippen LogP contribution in [0.3, 0.4) is 0 Å². The summed E-state index contributed by atoms with van der Waals surface area (Å²) in [7, 11) is 0. The molecule has 0 spiro atoms. The molecule has 0 bridgehead atoms.